The monoisotopic (exact) mass is 312 g/mol. The van der Waals surface area contributed by atoms with Crippen LogP contribution in [0.3, 0.4) is 0 Å². The first-order chi connectivity index (χ1) is 9.78. The number of ether oxygens (including phenoxy) is 1. The molecule has 0 spiro atoms. The van der Waals surface area contributed by atoms with Gasteiger partial charge in [-0.2, -0.15) is 4.31 Å². The van der Waals surface area contributed by atoms with Crippen LogP contribution in [-0.2, 0) is 10.0 Å². The molecule has 1 aliphatic rings. The first-order valence-electron chi connectivity index (χ1n) is 7.19. The lowest BCUT2D eigenvalue weighted by atomic mass is 10.1. The quantitative estimate of drug-likeness (QED) is 0.922. The summed E-state index contributed by atoms with van der Waals surface area (Å²) < 4.78 is 32.7. The maximum atomic E-state index is 12.9. The van der Waals surface area contributed by atoms with Gasteiger partial charge in [0.2, 0.25) is 10.0 Å². The predicted molar refractivity (Wildman–Crippen MR) is 83.3 cm³/mol. The van der Waals surface area contributed by atoms with Crippen LogP contribution in [0.5, 0.6) is 5.75 Å². The first kappa shape index (κ1) is 16.3. The largest absolute Gasteiger partial charge is 0.496 e. The zero-order valence-electron chi connectivity index (χ0n) is 13.3. The molecule has 1 saturated heterocycles. The number of nitrogens with zero attached hydrogens (tertiary/aromatic N) is 1. The second-order valence-electron chi connectivity index (χ2n) is 5.69. The van der Waals surface area contributed by atoms with Crippen LogP contribution in [0, 0.1) is 13.8 Å². The third kappa shape index (κ3) is 2.93. The molecule has 6 heteroatoms. The van der Waals surface area contributed by atoms with Crippen molar-refractivity contribution in [3.63, 3.8) is 0 Å². The number of aryl methyl sites for hydroxylation is 2. The number of piperazine rings is 1. The van der Waals surface area contributed by atoms with Gasteiger partial charge in [0.05, 0.1) is 12.0 Å². The minimum atomic E-state index is -3.48. The number of hydrogen-bond donors (Lipinski definition) is 1. The molecule has 2 rings (SSSR count). The fraction of sp³-hybridized carbons (Fsp3) is 0.600. The lowest BCUT2D eigenvalue weighted by Gasteiger charge is -2.37. The van der Waals surface area contributed by atoms with Gasteiger partial charge in [0.25, 0.3) is 0 Å². The van der Waals surface area contributed by atoms with Gasteiger partial charge in [0.15, 0.2) is 0 Å². The number of rotatable bonds is 3. The molecule has 1 aliphatic heterocycles. The first-order valence-corrected chi connectivity index (χ1v) is 8.63. The molecule has 1 fully saturated rings. The van der Waals surface area contributed by atoms with Crippen molar-refractivity contribution in [3.05, 3.63) is 23.3 Å². The molecule has 21 heavy (non-hydrogen) atoms. The Morgan fingerprint density at radius 3 is 2.33 bits per heavy atom. The molecule has 0 radical (unpaired) electrons. The minimum absolute atomic E-state index is 0.0635. The Labute approximate surface area is 127 Å². The standard InChI is InChI=1S/C15H24N2O3S/c1-10-8-14(9-11(2)15(10)20-5)21(18,19)17-7-6-16-12(3)13(17)4/h8-9,12-13,16H,6-7H2,1-5H3. The van der Waals surface area contributed by atoms with Crippen molar-refractivity contribution in [2.45, 2.75) is 44.7 Å². The topological polar surface area (TPSA) is 58.6 Å². The predicted octanol–water partition coefficient (Wildman–Crippen LogP) is 1.68. The van der Waals surface area contributed by atoms with Gasteiger partial charge in [-0.15, -0.1) is 0 Å². The summed E-state index contributed by atoms with van der Waals surface area (Å²) in [6.45, 7) is 8.87. The molecule has 0 saturated carbocycles. The van der Waals surface area contributed by atoms with E-state index in [1.54, 1.807) is 23.5 Å². The molecular formula is C15H24N2O3S. The highest BCUT2D eigenvalue weighted by Crippen LogP contribution is 2.29. The van der Waals surface area contributed by atoms with E-state index in [1.807, 2.05) is 27.7 Å². The molecule has 0 aliphatic carbocycles. The Bertz CT molecular complexity index is 605. The van der Waals surface area contributed by atoms with Crippen LogP contribution in [0.1, 0.15) is 25.0 Å². The third-order valence-electron chi connectivity index (χ3n) is 4.22. The Balaban J connectivity index is 2.44. The molecule has 1 N–H and O–H groups in total. The fourth-order valence-electron chi connectivity index (χ4n) is 2.88. The van der Waals surface area contributed by atoms with E-state index in [9.17, 15) is 8.42 Å². The van der Waals surface area contributed by atoms with Gasteiger partial charge in [0, 0.05) is 25.2 Å². The van der Waals surface area contributed by atoms with Crippen molar-refractivity contribution < 1.29 is 13.2 Å². The highest BCUT2D eigenvalue weighted by molar-refractivity contribution is 7.89. The second-order valence-corrected chi connectivity index (χ2v) is 7.58. The van der Waals surface area contributed by atoms with Crippen molar-refractivity contribution in [1.82, 2.24) is 9.62 Å². The summed E-state index contributed by atoms with van der Waals surface area (Å²) in [7, 11) is -1.88. The summed E-state index contributed by atoms with van der Waals surface area (Å²) in [5.74, 6) is 0.746. The van der Waals surface area contributed by atoms with Gasteiger partial charge in [-0.3, -0.25) is 0 Å². The zero-order chi connectivity index (χ0) is 15.8. The van der Waals surface area contributed by atoms with E-state index in [0.717, 1.165) is 16.9 Å². The molecule has 2 atom stereocenters. The molecule has 118 valence electrons. The molecule has 2 unspecified atom stereocenters. The van der Waals surface area contributed by atoms with Crippen LogP contribution >= 0.6 is 0 Å². The second kappa shape index (κ2) is 5.94. The lowest BCUT2D eigenvalue weighted by molar-refractivity contribution is 0.233. The van der Waals surface area contributed by atoms with Crippen molar-refractivity contribution in [2.24, 2.45) is 0 Å². The van der Waals surface area contributed by atoms with E-state index in [4.69, 9.17) is 4.74 Å². The Morgan fingerprint density at radius 2 is 1.81 bits per heavy atom. The van der Waals surface area contributed by atoms with E-state index in [0.29, 0.717) is 18.0 Å². The summed E-state index contributed by atoms with van der Waals surface area (Å²) in [6.07, 6.45) is 0. The van der Waals surface area contributed by atoms with Gasteiger partial charge < -0.3 is 10.1 Å². The molecular weight excluding hydrogens is 288 g/mol. The molecule has 0 amide bonds. The van der Waals surface area contributed by atoms with Crippen LogP contribution in [0.2, 0.25) is 0 Å². The lowest BCUT2D eigenvalue weighted by Crippen LogP contribution is -2.57. The van der Waals surface area contributed by atoms with E-state index in [1.165, 1.54) is 0 Å². The zero-order valence-corrected chi connectivity index (χ0v) is 14.1. The van der Waals surface area contributed by atoms with Gasteiger partial charge in [-0.25, -0.2) is 8.42 Å². The Hall–Kier alpha value is -1.11. The average molecular weight is 312 g/mol. The van der Waals surface area contributed by atoms with E-state index >= 15 is 0 Å². The summed E-state index contributed by atoms with van der Waals surface area (Å²) >= 11 is 0. The maximum Gasteiger partial charge on any atom is 0.243 e. The van der Waals surface area contributed by atoms with Crippen molar-refractivity contribution >= 4 is 10.0 Å². The van der Waals surface area contributed by atoms with Gasteiger partial charge in [-0.05, 0) is 51.0 Å². The normalized spacial score (nSPS) is 24.0. The van der Waals surface area contributed by atoms with Gasteiger partial charge >= 0.3 is 0 Å². The third-order valence-corrected chi connectivity index (χ3v) is 6.18. The Kier molecular flexibility index (Phi) is 4.60. The molecule has 0 aromatic heterocycles. The van der Waals surface area contributed by atoms with Crippen molar-refractivity contribution in [1.29, 1.82) is 0 Å². The van der Waals surface area contributed by atoms with Crippen LogP contribution in [0.25, 0.3) is 0 Å². The van der Waals surface area contributed by atoms with E-state index < -0.39 is 10.0 Å². The van der Waals surface area contributed by atoms with Crippen molar-refractivity contribution in [3.8, 4) is 5.75 Å². The number of nitrogens with one attached hydrogen (secondary N) is 1. The number of benzene rings is 1. The summed E-state index contributed by atoms with van der Waals surface area (Å²) in [6, 6.07) is 3.47. The smallest absolute Gasteiger partial charge is 0.243 e. The SMILES string of the molecule is COc1c(C)cc(S(=O)(=O)N2CCNC(C)C2C)cc1C. The minimum Gasteiger partial charge on any atom is -0.496 e. The average Bonchev–Trinajstić information content (AvgIpc) is 2.41. The highest BCUT2D eigenvalue weighted by Gasteiger charge is 2.34. The Morgan fingerprint density at radius 1 is 1.24 bits per heavy atom. The maximum absolute atomic E-state index is 12.9. The molecule has 1 aromatic carbocycles. The van der Waals surface area contributed by atoms with Crippen LogP contribution in [-0.4, -0.2) is 45.0 Å². The van der Waals surface area contributed by atoms with Crippen LogP contribution in [0.4, 0.5) is 0 Å². The molecule has 1 heterocycles. The number of methoxy groups -OCH3 is 1. The van der Waals surface area contributed by atoms with E-state index in [2.05, 4.69) is 5.32 Å². The summed E-state index contributed by atoms with van der Waals surface area (Å²) in [5, 5.41) is 3.30. The van der Waals surface area contributed by atoms with Gasteiger partial charge in [0.1, 0.15) is 5.75 Å². The summed E-state index contributed by atoms with van der Waals surface area (Å²) in [4.78, 5) is 0.347. The number of sulfonamides is 1. The van der Waals surface area contributed by atoms with Crippen molar-refractivity contribution in [2.75, 3.05) is 20.2 Å². The molecule has 0 bridgehead atoms. The molecule has 5 nitrogen and oxygen atoms in total. The molecule has 1 aromatic rings. The van der Waals surface area contributed by atoms with E-state index in [-0.39, 0.29) is 12.1 Å². The van der Waals surface area contributed by atoms with Crippen LogP contribution in [0.15, 0.2) is 17.0 Å². The summed E-state index contributed by atoms with van der Waals surface area (Å²) in [5.41, 5.74) is 1.68. The number of hydrogen-bond acceptors (Lipinski definition) is 4. The fourth-order valence-corrected chi connectivity index (χ4v) is 4.76. The highest BCUT2D eigenvalue weighted by atomic mass is 32.2. The van der Waals surface area contributed by atoms with Gasteiger partial charge in [-0.1, -0.05) is 0 Å². The van der Waals surface area contributed by atoms with Crippen LogP contribution < -0.4 is 10.1 Å².